The van der Waals surface area contributed by atoms with Gasteiger partial charge in [0.25, 0.3) is 0 Å². The van der Waals surface area contributed by atoms with E-state index in [0.717, 1.165) is 6.07 Å². The predicted octanol–water partition coefficient (Wildman–Crippen LogP) is 1.38. The molecule has 0 atom stereocenters. The molecular weight excluding hydrogens is 283 g/mol. The van der Waals surface area contributed by atoms with E-state index < -0.39 is 21.4 Å². The number of rotatable bonds is 7. The van der Waals surface area contributed by atoms with Crippen LogP contribution in [0.5, 0.6) is 0 Å². The largest absolute Gasteiger partial charge is 0.375 e. The van der Waals surface area contributed by atoms with Crippen LogP contribution >= 0.6 is 0 Å². The summed E-state index contributed by atoms with van der Waals surface area (Å²) in [6.07, 6.45) is 0. The summed E-state index contributed by atoms with van der Waals surface area (Å²) < 4.78 is 45.5. The van der Waals surface area contributed by atoms with Crippen molar-refractivity contribution in [3.8, 4) is 0 Å². The van der Waals surface area contributed by atoms with Gasteiger partial charge in [-0.15, -0.1) is 0 Å². The molecule has 0 radical (unpaired) electrons. The second kappa shape index (κ2) is 6.62. The molecule has 0 aliphatic heterocycles. The van der Waals surface area contributed by atoms with Crippen molar-refractivity contribution in [2.45, 2.75) is 37.8 Å². The molecule has 0 aromatic heterocycles. The summed E-state index contributed by atoms with van der Waals surface area (Å²) in [5.74, 6) is -0.619. The van der Waals surface area contributed by atoms with E-state index in [1.165, 1.54) is 12.1 Å². The zero-order chi connectivity index (χ0) is 15.4. The number of sulfonamides is 1. The molecule has 0 saturated heterocycles. The molecule has 0 saturated carbocycles. The van der Waals surface area contributed by atoms with E-state index in [1.54, 1.807) is 13.8 Å². The van der Waals surface area contributed by atoms with E-state index in [4.69, 9.17) is 10.5 Å². The molecule has 0 amide bonds. The molecule has 5 nitrogen and oxygen atoms in total. The average molecular weight is 304 g/mol. The first-order valence-electron chi connectivity index (χ1n) is 6.34. The van der Waals surface area contributed by atoms with Gasteiger partial charge < -0.3 is 10.5 Å². The number of halogens is 1. The monoisotopic (exact) mass is 304 g/mol. The van der Waals surface area contributed by atoms with Crippen LogP contribution in [0.2, 0.25) is 0 Å². The van der Waals surface area contributed by atoms with Crippen molar-refractivity contribution >= 4 is 10.0 Å². The van der Waals surface area contributed by atoms with Gasteiger partial charge in [0.15, 0.2) is 0 Å². The molecule has 7 heteroatoms. The fraction of sp³-hybridized carbons (Fsp3) is 0.538. The van der Waals surface area contributed by atoms with E-state index in [1.807, 2.05) is 6.92 Å². The van der Waals surface area contributed by atoms with Crippen LogP contribution in [0.15, 0.2) is 23.1 Å². The summed E-state index contributed by atoms with van der Waals surface area (Å²) in [5.41, 5.74) is 5.22. The minimum atomic E-state index is -3.83. The normalized spacial score (nSPS) is 12.7. The maximum absolute atomic E-state index is 13.3. The Morgan fingerprint density at radius 3 is 2.60 bits per heavy atom. The van der Waals surface area contributed by atoms with Crippen LogP contribution in [0, 0.1) is 5.82 Å². The minimum absolute atomic E-state index is 0.0192. The Labute approximate surface area is 119 Å². The Morgan fingerprint density at radius 1 is 1.40 bits per heavy atom. The third kappa shape index (κ3) is 4.52. The van der Waals surface area contributed by atoms with Crippen molar-refractivity contribution in [1.29, 1.82) is 0 Å². The number of hydrogen-bond donors (Lipinski definition) is 2. The molecule has 0 fully saturated rings. The highest BCUT2D eigenvalue weighted by Gasteiger charge is 2.24. The van der Waals surface area contributed by atoms with Crippen molar-refractivity contribution in [1.82, 2.24) is 4.72 Å². The molecule has 0 heterocycles. The lowest BCUT2D eigenvalue weighted by atomic mass is 10.1. The number of nitrogens with two attached hydrogens (primary N) is 1. The van der Waals surface area contributed by atoms with Crippen molar-refractivity contribution < 1.29 is 17.5 Å². The first-order chi connectivity index (χ1) is 9.22. The zero-order valence-corrected chi connectivity index (χ0v) is 12.8. The van der Waals surface area contributed by atoms with E-state index in [-0.39, 0.29) is 18.0 Å². The van der Waals surface area contributed by atoms with Gasteiger partial charge in [-0.25, -0.2) is 17.5 Å². The second-order valence-electron chi connectivity index (χ2n) is 4.97. The third-order valence-corrected chi connectivity index (χ3v) is 4.25. The van der Waals surface area contributed by atoms with E-state index in [0.29, 0.717) is 12.2 Å². The lowest BCUT2D eigenvalue weighted by Crippen LogP contribution is -2.40. The van der Waals surface area contributed by atoms with Gasteiger partial charge in [-0.3, -0.25) is 0 Å². The van der Waals surface area contributed by atoms with Crippen LogP contribution in [0.1, 0.15) is 26.3 Å². The molecule has 0 aliphatic rings. The second-order valence-corrected chi connectivity index (χ2v) is 6.71. The average Bonchev–Trinajstić information content (AvgIpc) is 2.37. The third-order valence-electron chi connectivity index (χ3n) is 2.76. The Bertz CT molecular complexity index is 559. The standard InChI is InChI=1S/C13H21FN2O3S/c1-4-19-13(2,3)9-16-20(17,18)12-7-11(14)6-5-10(12)8-15/h5-7,16H,4,8-9,15H2,1-3H3. The van der Waals surface area contributed by atoms with Crippen LogP contribution in [-0.2, 0) is 21.3 Å². The number of hydrogen-bond acceptors (Lipinski definition) is 4. The Kier molecular flexibility index (Phi) is 5.64. The van der Waals surface area contributed by atoms with Crippen molar-refractivity contribution in [2.75, 3.05) is 13.2 Å². The zero-order valence-electron chi connectivity index (χ0n) is 11.9. The lowest BCUT2D eigenvalue weighted by molar-refractivity contribution is -0.00515. The van der Waals surface area contributed by atoms with Crippen molar-refractivity contribution in [3.05, 3.63) is 29.6 Å². The van der Waals surface area contributed by atoms with Gasteiger partial charge in [-0.2, -0.15) is 0 Å². The molecule has 0 bridgehead atoms. The Balaban J connectivity index is 2.97. The van der Waals surface area contributed by atoms with Crippen molar-refractivity contribution in [3.63, 3.8) is 0 Å². The highest BCUT2D eigenvalue weighted by Crippen LogP contribution is 2.18. The van der Waals surface area contributed by atoms with E-state index >= 15 is 0 Å². The van der Waals surface area contributed by atoms with E-state index in [9.17, 15) is 12.8 Å². The molecule has 20 heavy (non-hydrogen) atoms. The molecule has 1 aromatic carbocycles. The van der Waals surface area contributed by atoms with Crippen LogP contribution < -0.4 is 10.5 Å². The quantitative estimate of drug-likeness (QED) is 0.797. The summed E-state index contributed by atoms with van der Waals surface area (Å²) in [5, 5.41) is 0. The summed E-state index contributed by atoms with van der Waals surface area (Å²) in [7, 11) is -3.83. The summed E-state index contributed by atoms with van der Waals surface area (Å²) >= 11 is 0. The number of ether oxygens (including phenoxy) is 1. The highest BCUT2D eigenvalue weighted by atomic mass is 32.2. The molecule has 114 valence electrons. The fourth-order valence-electron chi connectivity index (χ4n) is 1.74. The smallest absolute Gasteiger partial charge is 0.241 e. The summed E-state index contributed by atoms with van der Waals surface area (Å²) in [6.45, 7) is 5.95. The topological polar surface area (TPSA) is 81.4 Å². The van der Waals surface area contributed by atoms with Gasteiger partial charge in [0, 0.05) is 19.7 Å². The number of nitrogens with one attached hydrogen (secondary N) is 1. The van der Waals surface area contributed by atoms with E-state index in [2.05, 4.69) is 4.72 Å². The first-order valence-corrected chi connectivity index (χ1v) is 7.82. The van der Waals surface area contributed by atoms with Gasteiger partial charge in [-0.1, -0.05) is 6.07 Å². The Morgan fingerprint density at radius 2 is 2.05 bits per heavy atom. The van der Waals surface area contributed by atoms with Gasteiger partial charge in [-0.05, 0) is 38.5 Å². The maximum Gasteiger partial charge on any atom is 0.241 e. The SMILES string of the molecule is CCOC(C)(C)CNS(=O)(=O)c1cc(F)ccc1CN. The van der Waals surface area contributed by atoms with Gasteiger partial charge in [0.1, 0.15) is 5.82 Å². The minimum Gasteiger partial charge on any atom is -0.375 e. The molecule has 3 N–H and O–H groups in total. The highest BCUT2D eigenvalue weighted by molar-refractivity contribution is 7.89. The first kappa shape index (κ1) is 17.0. The van der Waals surface area contributed by atoms with Crippen LogP contribution in [0.4, 0.5) is 4.39 Å². The molecule has 1 rings (SSSR count). The molecule has 0 unspecified atom stereocenters. The van der Waals surface area contributed by atoms with Crippen LogP contribution in [-0.4, -0.2) is 27.2 Å². The molecule has 0 aliphatic carbocycles. The molecule has 0 spiro atoms. The molecule has 1 aromatic rings. The van der Waals surface area contributed by atoms with Crippen molar-refractivity contribution in [2.24, 2.45) is 5.73 Å². The molecular formula is C13H21FN2O3S. The van der Waals surface area contributed by atoms with Gasteiger partial charge in [0.05, 0.1) is 10.5 Å². The maximum atomic E-state index is 13.3. The predicted molar refractivity (Wildman–Crippen MR) is 75.2 cm³/mol. The number of benzene rings is 1. The fourth-order valence-corrected chi connectivity index (χ4v) is 3.19. The summed E-state index contributed by atoms with van der Waals surface area (Å²) in [4.78, 5) is -0.132. The van der Waals surface area contributed by atoms with Gasteiger partial charge in [0.2, 0.25) is 10.0 Å². The van der Waals surface area contributed by atoms with Crippen LogP contribution in [0.3, 0.4) is 0 Å². The van der Waals surface area contributed by atoms with Crippen LogP contribution in [0.25, 0.3) is 0 Å². The summed E-state index contributed by atoms with van der Waals surface area (Å²) in [6, 6.07) is 3.53. The Hall–Kier alpha value is -1.02. The van der Waals surface area contributed by atoms with Gasteiger partial charge >= 0.3 is 0 Å². The lowest BCUT2D eigenvalue weighted by Gasteiger charge is -2.25.